The Balaban J connectivity index is 1.96. The van der Waals surface area contributed by atoms with Crippen molar-refractivity contribution in [2.75, 3.05) is 5.75 Å². The van der Waals surface area contributed by atoms with Gasteiger partial charge in [-0.15, -0.1) is 11.8 Å². The Morgan fingerprint density at radius 2 is 2.19 bits per heavy atom. The van der Waals surface area contributed by atoms with Gasteiger partial charge >= 0.3 is 5.97 Å². The van der Waals surface area contributed by atoms with Gasteiger partial charge in [-0.25, -0.2) is 9.97 Å². The van der Waals surface area contributed by atoms with E-state index in [1.54, 1.807) is 0 Å². The number of aromatic nitrogens is 2. The number of carboxylic acids is 1. The molecule has 0 bridgehead atoms. The monoisotopic (exact) mass is 322 g/mol. The van der Waals surface area contributed by atoms with Crippen molar-refractivity contribution in [2.45, 2.75) is 36.6 Å². The fraction of sp³-hybridized carbons (Fsp3) is 0.400. The topological polar surface area (TPSA) is 63.1 Å². The Morgan fingerprint density at radius 1 is 1.38 bits per heavy atom. The molecule has 0 amide bonds. The SMILES string of the molecule is O=C(O)CCSc1nc(C2CCC2)nc2ccc(Cl)cc12. The second kappa shape index (κ2) is 6.20. The molecular formula is C15H15ClN2O2S. The van der Waals surface area contributed by atoms with Gasteiger partial charge in [-0.05, 0) is 31.0 Å². The molecule has 1 aliphatic rings. The molecule has 0 radical (unpaired) electrons. The summed E-state index contributed by atoms with van der Waals surface area (Å²) in [6.07, 6.45) is 3.63. The molecule has 3 rings (SSSR count). The quantitative estimate of drug-likeness (QED) is 0.662. The first kappa shape index (κ1) is 14.6. The summed E-state index contributed by atoms with van der Waals surface area (Å²) >= 11 is 7.52. The van der Waals surface area contributed by atoms with Crippen LogP contribution in [-0.4, -0.2) is 26.8 Å². The number of halogens is 1. The minimum atomic E-state index is -0.793. The molecule has 1 heterocycles. The van der Waals surface area contributed by atoms with Crippen LogP contribution in [0.2, 0.25) is 5.02 Å². The van der Waals surface area contributed by atoms with Crippen molar-refractivity contribution >= 4 is 40.2 Å². The Bertz CT molecular complexity index is 689. The minimum absolute atomic E-state index is 0.121. The van der Waals surface area contributed by atoms with Crippen LogP contribution in [0.5, 0.6) is 0 Å². The van der Waals surface area contributed by atoms with Crippen LogP contribution < -0.4 is 0 Å². The number of nitrogens with zero attached hydrogens (tertiary/aromatic N) is 2. The molecule has 0 unspecified atom stereocenters. The lowest BCUT2D eigenvalue weighted by Crippen LogP contribution is -2.13. The van der Waals surface area contributed by atoms with Crippen LogP contribution >= 0.6 is 23.4 Å². The predicted molar refractivity (Wildman–Crippen MR) is 84.1 cm³/mol. The number of carboxylic acid groups (broad SMARTS) is 1. The molecule has 0 spiro atoms. The largest absolute Gasteiger partial charge is 0.481 e. The number of thioether (sulfide) groups is 1. The minimum Gasteiger partial charge on any atom is -0.481 e. The van der Waals surface area contributed by atoms with E-state index in [-0.39, 0.29) is 6.42 Å². The van der Waals surface area contributed by atoms with Crippen molar-refractivity contribution in [3.63, 3.8) is 0 Å². The van der Waals surface area contributed by atoms with Crippen LogP contribution in [0.1, 0.15) is 37.4 Å². The van der Waals surface area contributed by atoms with E-state index in [0.717, 1.165) is 34.6 Å². The van der Waals surface area contributed by atoms with Gasteiger partial charge in [0.15, 0.2) is 0 Å². The van der Waals surface area contributed by atoms with E-state index >= 15 is 0 Å². The summed E-state index contributed by atoms with van der Waals surface area (Å²) in [5.74, 6) is 1.04. The van der Waals surface area contributed by atoms with Gasteiger partial charge < -0.3 is 5.11 Å². The lowest BCUT2D eigenvalue weighted by Gasteiger charge is -2.24. The molecule has 21 heavy (non-hydrogen) atoms. The molecule has 1 N–H and O–H groups in total. The maximum atomic E-state index is 10.7. The highest BCUT2D eigenvalue weighted by Crippen LogP contribution is 2.37. The maximum absolute atomic E-state index is 10.7. The molecule has 110 valence electrons. The Morgan fingerprint density at radius 3 is 2.86 bits per heavy atom. The Labute approximate surface area is 131 Å². The zero-order valence-electron chi connectivity index (χ0n) is 11.4. The van der Waals surface area contributed by atoms with Gasteiger partial charge in [-0.1, -0.05) is 18.0 Å². The number of rotatable bonds is 5. The summed E-state index contributed by atoms with van der Waals surface area (Å²) < 4.78 is 0. The van der Waals surface area contributed by atoms with Crippen LogP contribution in [0.4, 0.5) is 0 Å². The molecule has 6 heteroatoms. The van der Waals surface area contributed by atoms with Gasteiger partial charge in [0.25, 0.3) is 0 Å². The zero-order valence-corrected chi connectivity index (χ0v) is 13.0. The number of hydrogen-bond donors (Lipinski definition) is 1. The number of fused-ring (bicyclic) bond motifs is 1. The van der Waals surface area contributed by atoms with Gasteiger partial charge in [0.2, 0.25) is 0 Å². The van der Waals surface area contributed by atoms with Gasteiger partial charge in [0.05, 0.1) is 11.9 Å². The average Bonchev–Trinajstić information content (AvgIpc) is 2.37. The number of carbonyl (C=O) groups is 1. The van der Waals surface area contributed by atoms with Crippen molar-refractivity contribution in [1.82, 2.24) is 9.97 Å². The van der Waals surface area contributed by atoms with Gasteiger partial charge in [-0.3, -0.25) is 4.79 Å². The first-order chi connectivity index (χ1) is 10.1. The van der Waals surface area contributed by atoms with Crippen LogP contribution in [0.15, 0.2) is 23.2 Å². The molecular weight excluding hydrogens is 308 g/mol. The van der Waals surface area contributed by atoms with E-state index in [9.17, 15) is 4.79 Å². The standard InChI is InChI=1S/C15H15ClN2O2S/c16-10-4-5-12-11(8-10)15(21-7-6-13(19)20)18-14(17-12)9-2-1-3-9/h4-5,8-9H,1-3,6-7H2,(H,19,20). The molecule has 0 atom stereocenters. The fourth-order valence-corrected chi connectivity index (χ4v) is 3.40. The van der Waals surface area contributed by atoms with E-state index in [4.69, 9.17) is 16.7 Å². The average molecular weight is 323 g/mol. The van der Waals surface area contributed by atoms with Crippen LogP contribution in [0.3, 0.4) is 0 Å². The number of benzene rings is 1. The first-order valence-electron chi connectivity index (χ1n) is 6.95. The summed E-state index contributed by atoms with van der Waals surface area (Å²) in [5, 5.41) is 11.2. The highest BCUT2D eigenvalue weighted by molar-refractivity contribution is 7.99. The highest BCUT2D eigenvalue weighted by atomic mass is 35.5. The third-order valence-electron chi connectivity index (χ3n) is 3.67. The van der Waals surface area contributed by atoms with E-state index in [0.29, 0.717) is 16.7 Å². The molecule has 1 aliphatic carbocycles. The molecule has 1 fully saturated rings. The molecule has 0 saturated heterocycles. The summed E-state index contributed by atoms with van der Waals surface area (Å²) in [6, 6.07) is 5.58. The van der Waals surface area contributed by atoms with Crippen molar-refractivity contribution in [1.29, 1.82) is 0 Å². The molecule has 2 aromatic rings. The Kier molecular flexibility index (Phi) is 4.31. The summed E-state index contributed by atoms with van der Waals surface area (Å²) in [6.45, 7) is 0. The summed E-state index contributed by atoms with van der Waals surface area (Å²) in [5.41, 5.74) is 0.883. The maximum Gasteiger partial charge on any atom is 0.304 e. The lowest BCUT2D eigenvalue weighted by atomic mass is 9.85. The van der Waals surface area contributed by atoms with E-state index < -0.39 is 5.97 Å². The van der Waals surface area contributed by atoms with Crippen molar-refractivity contribution in [3.05, 3.63) is 29.0 Å². The van der Waals surface area contributed by atoms with E-state index in [2.05, 4.69) is 9.97 Å². The van der Waals surface area contributed by atoms with Crippen LogP contribution in [-0.2, 0) is 4.79 Å². The molecule has 4 nitrogen and oxygen atoms in total. The third kappa shape index (κ3) is 3.30. The van der Waals surface area contributed by atoms with Crippen molar-refractivity contribution < 1.29 is 9.90 Å². The lowest BCUT2D eigenvalue weighted by molar-refractivity contribution is -0.136. The highest BCUT2D eigenvalue weighted by Gasteiger charge is 2.23. The molecule has 1 aromatic carbocycles. The molecule has 1 saturated carbocycles. The van der Waals surface area contributed by atoms with Gasteiger partial charge in [0, 0.05) is 22.1 Å². The van der Waals surface area contributed by atoms with Crippen molar-refractivity contribution in [2.24, 2.45) is 0 Å². The zero-order chi connectivity index (χ0) is 14.8. The normalized spacial score (nSPS) is 15.1. The fourth-order valence-electron chi connectivity index (χ4n) is 2.28. The molecule has 0 aliphatic heterocycles. The molecule has 1 aromatic heterocycles. The second-order valence-electron chi connectivity index (χ2n) is 5.17. The summed E-state index contributed by atoms with van der Waals surface area (Å²) in [7, 11) is 0. The first-order valence-corrected chi connectivity index (χ1v) is 8.31. The number of hydrogen-bond acceptors (Lipinski definition) is 4. The van der Waals surface area contributed by atoms with Gasteiger partial charge in [-0.2, -0.15) is 0 Å². The second-order valence-corrected chi connectivity index (χ2v) is 6.69. The number of aliphatic carboxylic acids is 1. The predicted octanol–water partition coefficient (Wildman–Crippen LogP) is 4.12. The Hall–Kier alpha value is -1.33. The van der Waals surface area contributed by atoms with Gasteiger partial charge in [0.1, 0.15) is 10.9 Å². The van der Waals surface area contributed by atoms with Crippen LogP contribution in [0.25, 0.3) is 10.9 Å². The van der Waals surface area contributed by atoms with E-state index in [1.165, 1.54) is 18.2 Å². The van der Waals surface area contributed by atoms with E-state index in [1.807, 2.05) is 18.2 Å². The van der Waals surface area contributed by atoms with Crippen molar-refractivity contribution in [3.8, 4) is 0 Å². The smallest absolute Gasteiger partial charge is 0.304 e. The van der Waals surface area contributed by atoms with Crippen LogP contribution in [0, 0.1) is 0 Å². The summed E-state index contributed by atoms with van der Waals surface area (Å²) in [4.78, 5) is 20.0. The third-order valence-corrected chi connectivity index (χ3v) is 4.89.